The third kappa shape index (κ3) is 3.05. The van der Waals surface area contributed by atoms with Gasteiger partial charge in [0.05, 0.1) is 11.8 Å². The SMILES string of the molecule is O=C(NCCc1ccco1)c1ccc(Cl)cc1O. The van der Waals surface area contributed by atoms with Crippen molar-refractivity contribution in [1.82, 2.24) is 5.32 Å². The monoisotopic (exact) mass is 265 g/mol. The maximum Gasteiger partial charge on any atom is 0.255 e. The molecule has 0 aliphatic rings. The number of carbonyl (C=O) groups excluding carboxylic acids is 1. The third-order valence-corrected chi connectivity index (χ3v) is 2.68. The van der Waals surface area contributed by atoms with Gasteiger partial charge in [-0.1, -0.05) is 11.6 Å². The van der Waals surface area contributed by atoms with Crippen molar-refractivity contribution in [3.05, 3.63) is 52.9 Å². The first-order valence-corrected chi connectivity index (χ1v) is 5.83. The van der Waals surface area contributed by atoms with E-state index in [4.69, 9.17) is 16.0 Å². The van der Waals surface area contributed by atoms with E-state index in [1.807, 2.05) is 6.07 Å². The quantitative estimate of drug-likeness (QED) is 0.893. The van der Waals surface area contributed by atoms with Crippen molar-refractivity contribution in [2.75, 3.05) is 6.54 Å². The lowest BCUT2D eigenvalue weighted by Gasteiger charge is -2.06. The minimum atomic E-state index is -0.337. The van der Waals surface area contributed by atoms with Crippen LogP contribution in [-0.4, -0.2) is 17.6 Å². The summed E-state index contributed by atoms with van der Waals surface area (Å²) < 4.78 is 5.14. The van der Waals surface area contributed by atoms with Crippen molar-refractivity contribution in [2.24, 2.45) is 0 Å². The number of nitrogens with one attached hydrogen (secondary N) is 1. The van der Waals surface area contributed by atoms with Crippen LogP contribution in [0, 0.1) is 0 Å². The Balaban J connectivity index is 1.91. The second-order valence-electron chi connectivity index (χ2n) is 3.75. The molecule has 1 aromatic heterocycles. The number of furan rings is 1. The van der Waals surface area contributed by atoms with E-state index in [9.17, 15) is 9.90 Å². The second-order valence-corrected chi connectivity index (χ2v) is 4.18. The number of rotatable bonds is 4. The Morgan fingerprint density at radius 2 is 2.22 bits per heavy atom. The van der Waals surface area contributed by atoms with Crippen LogP contribution in [0.25, 0.3) is 0 Å². The highest BCUT2D eigenvalue weighted by Gasteiger charge is 2.10. The maximum atomic E-state index is 11.8. The highest BCUT2D eigenvalue weighted by Crippen LogP contribution is 2.21. The first-order chi connectivity index (χ1) is 8.66. The molecule has 1 aromatic carbocycles. The molecular formula is C13H12ClNO3. The summed E-state index contributed by atoms with van der Waals surface area (Å²) in [5, 5.41) is 12.7. The highest BCUT2D eigenvalue weighted by molar-refractivity contribution is 6.30. The molecule has 4 nitrogen and oxygen atoms in total. The molecule has 0 atom stereocenters. The smallest absolute Gasteiger partial charge is 0.255 e. The van der Waals surface area contributed by atoms with Gasteiger partial charge in [-0.25, -0.2) is 0 Å². The average molecular weight is 266 g/mol. The summed E-state index contributed by atoms with van der Waals surface area (Å²) in [6, 6.07) is 8.01. The molecule has 1 heterocycles. The van der Waals surface area contributed by atoms with Gasteiger partial charge in [0, 0.05) is 18.0 Å². The Morgan fingerprint density at radius 3 is 2.89 bits per heavy atom. The lowest BCUT2D eigenvalue weighted by Crippen LogP contribution is -2.25. The lowest BCUT2D eigenvalue weighted by atomic mass is 10.2. The van der Waals surface area contributed by atoms with E-state index in [1.54, 1.807) is 18.4 Å². The molecule has 94 valence electrons. The molecule has 2 aromatic rings. The number of aromatic hydroxyl groups is 1. The molecule has 0 radical (unpaired) electrons. The summed E-state index contributed by atoms with van der Waals surface area (Å²) in [5.74, 6) is 0.337. The summed E-state index contributed by atoms with van der Waals surface area (Å²) in [6.07, 6.45) is 2.19. The molecular weight excluding hydrogens is 254 g/mol. The van der Waals surface area contributed by atoms with Crippen molar-refractivity contribution in [2.45, 2.75) is 6.42 Å². The summed E-state index contributed by atoms with van der Waals surface area (Å²) in [7, 11) is 0. The van der Waals surface area contributed by atoms with Crippen molar-refractivity contribution in [3.63, 3.8) is 0 Å². The van der Waals surface area contributed by atoms with Gasteiger partial charge in [0.15, 0.2) is 0 Å². The van der Waals surface area contributed by atoms with Gasteiger partial charge in [-0.3, -0.25) is 4.79 Å². The molecule has 0 saturated heterocycles. The van der Waals surface area contributed by atoms with E-state index >= 15 is 0 Å². The Morgan fingerprint density at radius 1 is 1.39 bits per heavy atom. The topological polar surface area (TPSA) is 62.5 Å². The van der Waals surface area contributed by atoms with Gasteiger partial charge in [0.25, 0.3) is 5.91 Å². The zero-order valence-corrected chi connectivity index (χ0v) is 10.3. The molecule has 0 spiro atoms. The molecule has 1 amide bonds. The van der Waals surface area contributed by atoms with Crippen LogP contribution < -0.4 is 5.32 Å². The van der Waals surface area contributed by atoms with E-state index in [2.05, 4.69) is 5.32 Å². The molecule has 0 aliphatic carbocycles. The number of hydrogen-bond donors (Lipinski definition) is 2. The lowest BCUT2D eigenvalue weighted by molar-refractivity contribution is 0.0951. The fourth-order valence-corrected chi connectivity index (χ4v) is 1.71. The number of phenols is 1. The molecule has 2 N–H and O–H groups in total. The van der Waals surface area contributed by atoms with Gasteiger partial charge in [-0.05, 0) is 30.3 Å². The molecule has 0 unspecified atom stereocenters. The van der Waals surface area contributed by atoms with Gasteiger partial charge in [0.1, 0.15) is 11.5 Å². The first-order valence-electron chi connectivity index (χ1n) is 5.46. The van der Waals surface area contributed by atoms with Crippen molar-refractivity contribution in [1.29, 1.82) is 0 Å². The highest BCUT2D eigenvalue weighted by atomic mass is 35.5. The van der Waals surface area contributed by atoms with Crippen LogP contribution in [-0.2, 0) is 6.42 Å². The van der Waals surface area contributed by atoms with Gasteiger partial charge in [-0.2, -0.15) is 0 Å². The van der Waals surface area contributed by atoms with Gasteiger partial charge in [-0.15, -0.1) is 0 Å². The second kappa shape index (κ2) is 5.60. The number of phenolic OH excluding ortho intramolecular Hbond substituents is 1. The summed E-state index contributed by atoms with van der Waals surface area (Å²) in [6.45, 7) is 0.439. The van der Waals surface area contributed by atoms with Crippen LogP contribution in [0.5, 0.6) is 5.75 Å². The van der Waals surface area contributed by atoms with E-state index in [-0.39, 0.29) is 17.2 Å². The number of hydrogen-bond acceptors (Lipinski definition) is 3. The Hall–Kier alpha value is -1.94. The fourth-order valence-electron chi connectivity index (χ4n) is 1.55. The van der Waals surface area contributed by atoms with Crippen molar-refractivity contribution < 1.29 is 14.3 Å². The number of carbonyl (C=O) groups is 1. The van der Waals surface area contributed by atoms with Crippen LogP contribution in [0.3, 0.4) is 0 Å². The molecule has 0 fully saturated rings. The van der Waals surface area contributed by atoms with Crippen molar-refractivity contribution in [3.8, 4) is 5.75 Å². The van der Waals surface area contributed by atoms with E-state index in [0.29, 0.717) is 18.0 Å². The van der Waals surface area contributed by atoms with Crippen LogP contribution in [0.4, 0.5) is 0 Å². The summed E-state index contributed by atoms with van der Waals surface area (Å²) >= 11 is 5.69. The van der Waals surface area contributed by atoms with Crippen molar-refractivity contribution >= 4 is 17.5 Å². The third-order valence-electron chi connectivity index (χ3n) is 2.44. The Labute approximate surface area is 109 Å². The number of amides is 1. The molecule has 0 saturated carbocycles. The molecule has 0 bridgehead atoms. The van der Waals surface area contributed by atoms with E-state index < -0.39 is 0 Å². The van der Waals surface area contributed by atoms with E-state index in [1.165, 1.54) is 12.1 Å². The molecule has 0 aliphatic heterocycles. The van der Waals surface area contributed by atoms with Gasteiger partial charge < -0.3 is 14.8 Å². The van der Waals surface area contributed by atoms with Gasteiger partial charge in [0.2, 0.25) is 0 Å². The fraction of sp³-hybridized carbons (Fsp3) is 0.154. The minimum Gasteiger partial charge on any atom is -0.507 e. The Kier molecular flexibility index (Phi) is 3.89. The minimum absolute atomic E-state index is 0.127. The average Bonchev–Trinajstić information content (AvgIpc) is 2.81. The van der Waals surface area contributed by atoms with E-state index in [0.717, 1.165) is 5.76 Å². The normalized spacial score (nSPS) is 10.3. The van der Waals surface area contributed by atoms with Crippen LogP contribution in [0.1, 0.15) is 16.1 Å². The standard InChI is InChI=1S/C13H12ClNO3/c14-9-3-4-11(12(16)8-9)13(17)15-6-5-10-2-1-7-18-10/h1-4,7-8,16H,5-6H2,(H,15,17). The largest absolute Gasteiger partial charge is 0.507 e. The zero-order chi connectivity index (χ0) is 13.0. The van der Waals surface area contributed by atoms with Crippen LogP contribution in [0.2, 0.25) is 5.02 Å². The first kappa shape index (κ1) is 12.5. The van der Waals surface area contributed by atoms with Gasteiger partial charge >= 0.3 is 0 Å². The zero-order valence-electron chi connectivity index (χ0n) is 9.52. The maximum absolute atomic E-state index is 11.8. The molecule has 5 heteroatoms. The molecule has 2 rings (SSSR count). The van der Waals surface area contributed by atoms with Crippen LogP contribution >= 0.6 is 11.6 Å². The molecule has 18 heavy (non-hydrogen) atoms. The summed E-state index contributed by atoms with van der Waals surface area (Å²) in [5.41, 5.74) is 0.207. The predicted molar refractivity (Wildman–Crippen MR) is 67.9 cm³/mol. The van der Waals surface area contributed by atoms with Crippen LogP contribution in [0.15, 0.2) is 41.0 Å². The number of halogens is 1. The Bertz CT molecular complexity index is 537. The number of benzene rings is 1. The summed E-state index contributed by atoms with van der Waals surface area (Å²) in [4.78, 5) is 11.8. The predicted octanol–water partition coefficient (Wildman–Crippen LogP) is 2.61.